The van der Waals surface area contributed by atoms with Crippen molar-refractivity contribution in [3.63, 3.8) is 0 Å². The van der Waals surface area contributed by atoms with Crippen molar-refractivity contribution in [2.75, 3.05) is 0 Å². The lowest BCUT2D eigenvalue weighted by molar-refractivity contribution is -0.119. The van der Waals surface area contributed by atoms with Crippen molar-refractivity contribution in [3.8, 4) is 0 Å². The molecule has 0 radical (unpaired) electrons. The quantitative estimate of drug-likeness (QED) is 0.633. The Morgan fingerprint density at radius 3 is 3.00 bits per heavy atom. The van der Waals surface area contributed by atoms with Crippen LogP contribution in [0.25, 0.3) is 0 Å². The normalized spacial score (nSPS) is 24.9. The highest BCUT2D eigenvalue weighted by Crippen LogP contribution is 2.12. The molecule has 0 bridgehead atoms. The molecule has 58 valence electrons. The summed E-state index contributed by atoms with van der Waals surface area (Å²) in [5, 5.41) is 2.95. The number of carbonyl (C=O) groups is 1. The Morgan fingerprint density at radius 2 is 2.50 bits per heavy atom. The van der Waals surface area contributed by atoms with Crippen LogP contribution in [0.1, 0.15) is 39.0 Å². The van der Waals surface area contributed by atoms with Gasteiger partial charge in [-0.1, -0.05) is 19.8 Å². The van der Waals surface area contributed by atoms with Crippen LogP contribution in [0.15, 0.2) is 0 Å². The van der Waals surface area contributed by atoms with E-state index >= 15 is 0 Å². The van der Waals surface area contributed by atoms with Gasteiger partial charge in [0.2, 0.25) is 5.91 Å². The zero-order valence-corrected chi connectivity index (χ0v) is 6.52. The molecule has 0 aromatic heterocycles. The van der Waals surface area contributed by atoms with Crippen molar-refractivity contribution in [2.24, 2.45) is 0 Å². The molecule has 1 heterocycles. The van der Waals surface area contributed by atoms with Gasteiger partial charge >= 0.3 is 0 Å². The van der Waals surface area contributed by atoms with Crippen molar-refractivity contribution < 1.29 is 4.79 Å². The van der Waals surface area contributed by atoms with Crippen LogP contribution < -0.4 is 5.32 Å². The van der Waals surface area contributed by atoms with E-state index in [1.54, 1.807) is 0 Å². The molecule has 0 saturated carbocycles. The molecule has 10 heavy (non-hydrogen) atoms. The van der Waals surface area contributed by atoms with Crippen LogP contribution in [0.2, 0.25) is 0 Å². The van der Waals surface area contributed by atoms with E-state index in [2.05, 4.69) is 12.2 Å². The van der Waals surface area contributed by atoms with Crippen LogP contribution in [0.5, 0.6) is 0 Å². The number of rotatable bonds is 3. The summed E-state index contributed by atoms with van der Waals surface area (Å²) in [6.07, 6.45) is 5.44. The Labute approximate surface area is 62.0 Å². The molecule has 1 saturated heterocycles. The first-order valence-electron chi connectivity index (χ1n) is 4.12. The van der Waals surface area contributed by atoms with Crippen LogP contribution in [0, 0.1) is 0 Å². The van der Waals surface area contributed by atoms with Crippen molar-refractivity contribution in [1.82, 2.24) is 5.32 Å². The van der Waals surface area contributed by atoms with Gasteiger partial charge in [0.05, 0.1) is 0 Å². The van der Waals surface area contributed by atoms with E-state index in [0.717, 1.165) is 12.8 Å². The molecule has 1 aliphatic heterocycles. The van der Waals surface area contributed by atoms with E-state index in [1.165, 1.54) is 19.3 Å². The third-order valence-electron chi connectivity index (χ3n) is 1.99. The number of carbonyl (C=O) groups excluding carboxylic acids is 1. The van der Waals surface area contributed by atoms with Crippen LogP contribution in [-0.4, -0.2) is 11.9 Å². The van der Waals surface area contributed by atoms with Gasteiger partial charge in [-0.25, -0.2) is 0 Å². The molecule has 1 rings (SSSR count). The van der Waals surface area contributed by atoms with Crippen LogP contribution in [0.3, 0.4) is 0 Å². The first kappa shape index (κ1) is 7.58. The summed E-state index contributed by atoms with van der Waals surface area (Å²) in [6, 6.07) is 0.493. The van der Waals surface area contributed by atoms with E-state index in [-0.39, 0.29) is 5.91 Å². The molecule has 0 unspecified atom stereocenters. The van der Waals surface area contributed by atoms with Crippen molar-refractivity contribution in [3.05, 3.63) is 0 Å². The maximum atomic E-state index is 10.7. The number of amides is 1. The van der Waals surface area contributed by atoms with Crippen LogP contribution in [0.4, 0.5) is 0 Å². The number of nitrogens with one attached hydrogen (secondary N) is 1. The van der Waals surface area contributed by atoms with Gasteiger partial charge in [0.25, 0.3) is 0 Å². The van der Waals surface area contributed by atoms with E-state index < -0.39 is 0 Å². The second-order valence-electron chi connectivity index (χ2n) is 2.95. The van der Waals surface area contributed by atoms with E-state index in [9.17, 15) is 4.79 Å². The molecular weight excluding hydrogens is 126 g/mol. The summed E-state index contributed by atoms with van der Waals surface area (Å²) in [5.41, 5.74) is 0. The Kier molecular flexibility index (Phi) is 2.72. The van der Waals surface area contributed by atoms with Gasteiger partial charge in [-0.2, -0.15) is 0 Å². The average molecular weight is 141 g/mol. The van der Waals surface area contributed by atoms with Crippen molar-refractivity contribution in [2.45, 2.75) is 45.1 Å². The number of hydrogen-bond acceptors (Lipinski definition) is 1. The third-order valence-corrected chi connectivity index (χ3v) is 1.99. The maximum Gasteiger partial charge on any atom is 0.220 e. The Morgan fingerprint density at radius 1 is 1.70 bits per heavy atom. The molecule has 2 nitrogen and oxygen atoms in total. The molecule has 0 aliphatic carbocycles. The van der Waals surface area contributed by atoms with Gasteiger partial charge in [0, 0.05) is 12.5 Å². The smallest absolute Gasteiger partial charge is 0.220 e. The molecule has 1 aliphatic rings. The van der Waals surface area contributed by atoms with Gasteiger partial charge < -0.3 is 5.32 Å². The minimum Gasteiger partial charge on any atom is -0.353 e. The molecular formula is C8H15NO. The highest BCUT2D eigenvalue weighted by atomic mass is 16.1. The molecule has 1 N–H and O–H groups in total. The van der Waals surface area contributed by atoms with Gasteiger partial charge in [-0.15, -0.1) is 0 Å². The zero-order chi connectivity index (χ0) is 7.40. The predicted octanol–water partition coefficient (Wildman–Crippen LogP) is 1.46. The predicted molar refractivity (Wildman–Crippen MR) is 40.7 cm³/mol. The third kappa shape index (κ3) is 2.01. The first-order valence-corrected chi connectivity index (χ1v) is 4.12. The summed E-state index contributed by atoms with van der Waals surface area (Å²) in [7, 11) is 0. The van der Waals surface area contributed by atoms with E-state index in [0.29, 0.717) is 6.04 Å². The summed E-state index contributed by atoms with van der Waals surface area (Å²) >= 11 is 0. The van der Waals surface area contributed by atoms with Crippen LogP contribution >= 0.6 is 0 Å². The van der Waals surface area contributed by atoms with E-state index in [4.69, 9.17) is 0 Å². The monoisotopic (exact) mass is 141 g/mol. The highest BCUT2D eigenvalue weighted by Gasteiger charge is 2.19. The molecule has 0 aromatic rings. The lowest BCUT2D eigenvalue weighted by atomic mass is 10.1. The second kappa shape index (κ2) is 3.59. The second-order valence-corrected chi connectivity index (χ2v) is 2.95. The first-order chi connectivity index (χ1) is 4.83. The fourth-order valence-corrected chi connectivity index (χ4v) is 1.34. The minimum absolute atomic E-state index is 0.237. The van der Waals surface area contributed by atoms with Crippen molar-refractivity contribution in [1.29, 1.82) is 0 Å². The highest BCUT2D eigenvalue weighted by molar-refractivity contribution is 5.78. The molecule has 1 amide bonds. The Hall–Kier alpha value is -0.530. The topological polar surface area (TPSA) is 29.1 Å². The molecule has 1 fully saturated rings. The van der Waals surface area contributed by atoms with Crippen molar-refractivity contribution >= 4 is 5.91 Å². The zero-order valence-electron chi connectivity index (χ0n) is 6.52. The average Bonchev–Trinajstić information content (AvgIpc) is 2.31. The molecule has 0 spiro atoms. The lowest BCUT2D eigenvalue weighted by Crippen LogP contribution is -2.24. The molecule has 1 atom stereocenters. The molecule has 2 heteroatoms. The van der Waals surface area contributed by atoms with Gasteiger partial charge in [0.15, 0.2) is 0 Å². The lowest BCUT2D eigenvalue weighted by Gasteiger charge is -2.06. The van der Waals surface area contributed by atoms with Gasteiger partial charge in [-0.05, 0) is 12.8 Å². The summed E-state index contributed by atoms with van der Waals surface area (Å²) in [6.45, 7) is 2.18. The summed E-state index contributed by atoms with van der Waals surface area (Å²) in [5.74, 6) is 0.237. The van der Waals surface area contributed by atoms with Gasteiger partial charge in [0.1, 0.15) is 0 Å². The fourth-order valence-electron chi connectivity index (χ4n) is 1.34. The fraction of sp³-hybridized carbons (Fsp3) is 0.875. The number of hydrogen-bond donors (Lipinski definition) is 1. The van der Waals surface area contributed by atoms with Gasteiger partial charge in [-0.3, -0.25) is 4.79 Å². The maximum absolute atomic E-state index is 10.7. The molecule has 0 aromatic carbocycles. The standard InChI is InChI=1S/C8H15NO/c1-2-3-4-7-5-6-8(10)9-7/h7H,2-6H2,1H3,(H,9,10)/t7-/m0/s1. The number of unbranched alkanes of at least 4 members (excludes halogenated alkanes) is 1. The largest absolute Gasteiger partial charge is 0.353 e. The Bertz CT molecular complexity index is 122. The minimum atomic E-state index is 0.237. The van der Waals surface area contributed by atoms with E-state index in [1.807, 2.05) is 0 Å². The SMILES string of the molecule is CCCC[C@H]1CCC(=O)N1. The Balaban J connectivity index is 2.12. The summed E-state index contributed by atoms with van der Waals surface area (Å²) < 4.78 is 0. The summed E-state index contributed by atoms with van der Waals surface area (Å²) in [4.78, 5) is 10.7. The van der Waals surface area contributed by atoms with Crippen LogP contribution in [-0.2, 0) is 4.79 Å².